The first-order chi connectivity index (χ1) is 6.83. The molecule has 0 aliphatic heterocycles. The highest BCUT2D eigenvalue weighted by atomic mass is 32.2. The van der Waals surface area contributed by atoms with Gasteiger partial charge in [-0.25, -0.2) is 16.8 Å². The van der Waals surface area contributed by atoms with E-state index in [1.165, 1.54) is 12.2 Å². The molecule has 0 bridgehead atoms. The maximum atomic E-state index is 11.2. The zero-order valence-corrected chi connectivity index (χ0v) is 10.5. The molecule has 0 saturated heterocycles. The molecule has 0 aliphatic carbocycles. The van der Waals surface area contributed by atoms with Gasteiger partial charge in [-0.3, -0.25) is 0 Å². The molecule has 0 saturated carbocycles. The van der Waals surface area contributed by atoms with Crippen LogP contribution in [0, 0.1) is 0 Å². The predicted octanol–water partition coefficient (Wildman–Crippen LogP) is 1.27. The zero-order valence-electron chi connectivity index (χ0n) is 8.88. The smallest absolute Gasteiger partial charge is 0.171 e. The van der Waals surface area contributed by atoms with Gasteiger partial charge in [0, 0.05) is 10.8 Å². The van der Waals surface area contributed by atoms with Crippen molar-refractivity contribution in [1.29, 1.82) is 0 Å². The topological polar surface area (TPSA) is 68.3 Å². The van der Waals surface area contributed by atoms with E-state index in [9.17, 15) is 16.8 Å². The molecule has 0 N–H and O–H groups in total. The second kappa shape index (κ2) is 6.07. The van der Waals surface area contributed by atoms with Gasteiger partial charge in [-0.1, -0.05) is 12.2 Å². The molecule has 15 heavy (non-hydrogen) atoms. The Kier molecular flexibility index (Phi) is 5.82. The van der Waals surface area contributed by atoms with Crippen molar-refractivity contribution in [1.82, 2.24) is 0 Å². The van der Waals surface area contributed by atoms with E-state index in [1.807, 2.05) is 0 Å². The van der Waals surface area contributed by atoms with E-state index >= 15 is 0 Å². The summed E-state index contributed by atoms with van der Waals surface area (Å²) in [5, 5.41) is 2.19. The van der Waals surface area contributed by atoms with Crippen molar-refractivity contribution >= 4 is 19.7 Å². The average Bonchev–Trinajstić information content (AvgIpc) is 2.02. The molecule has 0 heterocycles. The van der Waals surface area contributed by atoms with Crippen molar-refractivity contribution in [3.63, 3.8) is 0 Å². The van der Waals surface area contributed by atoms with Crippen molar-refractivity contribution in [3.05, 3.63) is 23.0 Å². The lowest BCUT2D eigenvalue weighted by Gasteiger charge is -1.98. The average molecular weight is 252 g/mol. The Morgan fingerprint density at radius 3 is 1.40 bits per heavy atom. The largest absolute Gasteiger partial charge is 0.224 e. The van der Waals surface area contributed by atoms with Crippen LogP contribution in [-0.2, 0) is 19.7 Å². The van der Waals surface area contributed by atoms with E-state index in [0.717, 1.165) is 10.8 Å². The van der Waals surface area contributed by atoms with E-state index in [2.05, 4.69) is 0 Å². The molecule has 0 aromatic rings. The highest BCUT2D eigenvalue weighted by Crippen LogP contribution is 2.01. The highest BCUT2D eigenvalue weighted by molar-refractivity contribution is 7.95. The van der Waals surface area contributed by atoms with Gasteiger partial charge in [0.05, 0.1) is 11.5 Å². The number of hydrogen-bond acceptors (Lipinski definition) is 4. The molecule has 0 aromatic carbocycles. The first kappa shape index (κ1) is 14.4. The molecular formula is C9H16O4S2. The van der Waals surface area contributed by atoms with Crippen LogP contribution in [0.2, 0.25) is 0 Å². The van der Waals surface area contributed by atoms with Crippen LogP contribution >= 0.6 is 0 Å². The molecule has 0 unspecified atom stereocenters. The lowest BCUT2D eigenvalue weighted by atomic mass is 10.6. The van der Waals surface area contributed by atoms with Gasteiger partial charge in [0.2, 0.25) is 0 Å². The predicted molar refractivity (Wildman–Crippen MR) is 61.8 cm³/mol. The Morgan fingerprint density at radius 2 is 1.13 bits per heavy atom. The van der Waals surface area contributed by atoms with E-state index < -0.39 is 19.7 Å². The second-order valence-electron chi connectivity index (χ2n) is 3.03. The van der Waals surface area contributed by atoms with Gasteiger partial charge in [0.1, 0.15) is 0 Å². The van der Waals surface area contributed by atoms with Gasteiger partial charge in [0.15, 0.2) is 19.7 Å². The van der Waals surface area contributed by atoms with Crippen molar-refractivity contribution in [2.24, 2.45) is 0 Å². The summed E-state index contributed by atoms with van der Waals surface area (Å²) in [5.41, 5.74) is 0. The third kappa shape index (κ3) is 7.33. The van der Waals surface area contributed by atoms with Gasteiger partial charge in [0.25, 0.3) is 0 Å². The van der Waals surface area contributed by atoms with Crippen LogP contribution in [0.25, 0.3) is 0 Å². The van der Waals surface area contributed by atoms with Gasteiger partial charge in [-0.2, -0.15) is 0 Å². The second-order valence-corrected chi connectivity index (χ2v) is 7.04. The molecule has 0 aromatic heterocycles. The Labute approximate surface area is 91.5 Å². The summed E-state index contributed by atoms with van der Waals surface area (Å²) in [7, 11) is -6.48. The molecule has 4 nitrogen and oxygen atoms in total. The van der Waals surface area contributed by atoms with Crippen molar-refractivity contribution < 1.29 is 16.8 Å². The maximum absolute atomic E-state index is 11.2. The molecule has 88 valence electrons. The normalized spacial score (nSPS) is 14.0. The lowest BCUT2D eigenvalue weighted by Crippen LogP contribution is -2.09. The molecule has 0 rings (SSSR count). The minimum atomic E-state index is -3.24. The third-order valence-electron chi connectivity index (χ3n) is 1.54. The summed E-state index contributed by atoms with van der Waals surface area (Å²) in [6.45, 7) is 3.21. The number of rotatable bonds is 6. The van der Waals surface area contributed by atoms with Crippen LogP contribution in [0.15, 0.2) is 23.0 Å². The Hall–Kier alpha value is -0.620. The van der Waals surface area contributed by atoms with Crippen LogP contribution in [-0.4, -0.2) is 28.3 Å². The molecule has 0 aliphatic rings. The van der Waals surface area contributed by atoms with E-state index in [-0.39, 0.29) is 17.9 Å². The molecule has 0 radical (unpaired) electrons. The van der Waals surface area contributed by atoms with Crippen LogP contribution < -0.4 is 0 Å². The molecular weight excluding hydrogens is 236 g/mol. The summed E-state index contributed by atoms with van der Waals surface area (Å²) in [5.74, 6) is -0.262. The Morgan fingerprint density at radius 1 is 0.800 bits per heavy atom. The van der Waals surface area contributed by atoms with E-state index in [4.69, 9.17) is 0 Å². The first-order valence-corrected chi connectivity index (χ1v) is 7.97. The summed E-state index contributed by atoms with van der Waals surface area (Å²) in [6.07, 6.45) is 2.98. The first-order valence-electron chi connectivity index (χ1n) is 4.54. The minimum Gasteiger partial charge on any atom is -0.224 e. The molecule has 0 atom stereocenters. The van der Waals surface area contributed by atoms with Crippen LogP contribution in [0.1, 0.15) is 20.3 Å². The Bertz CT molecular complexity index is 385. The number of sulfone groups is 2. The van der Waals surface area contributed by atoms with Gasteiger partial charge < -0.3 is 0 Å². The Balaban J connectivity index is 4.23. The lowest BCUT2D eigenvalue weighted by molar-refractivity contribution is 0.599. The summed E-state index contributed by atoms with van der Waals surface area (Å²) >= 11 is 0. The van der Waals surface area contributed by atoms with Gasteiger partial charge in [-0.15, -0.1) is 0 Å². The summed E-state index contributed by atoms with van der Waals surface area (Å²) in [4.78, 5) is 0. The van der Waals surface area contributed by atoms with Crippen LogP contribution in [0.4, 0.5) is 0 Å². The highest BCUT2D eigenvalue weighted by Gasteiger charge is 2.10. The SMILES string of the molecule is CC=CS(=O)(=O)CCCS(=O)(=O)C=CC. The van der Waals surface area contributed by atoms with Crippen molar-refractivity contribution in [2.75, 3.05) is 11.5 Å². The number of allylic oxidation sites excluding steroid dienone is 2. The summed E-state index contributed by atoms with van der Waals surface area (Å²) < 4.78 is 44.7. The molecule has 0 amide bonds. The van der Waals surface area contributed by atoms with Gasteiger partial charge >= 0.3 is 0 Å². The maximum Gasteiger partial charge on any atom is 0.171 e. The van der Waals surface area contributed by atoms with Crippen LogP contribution in [0.5, 0.6) is 0 Å². The third-order valence-corrected chi connectivity index (χ3v) is 4.63. The fourth-order valence-electron chi connectivity index (χ4n) is 1.01. The molecule has 6 heteroatoms. The summed E-state index contributed by atoms with van der Waals surface area (Å²) in [6, 6.07) is 0. The molecule has 0 fully saturated rings. The standard InChI is InChI=1S/C9H16O4S2/c1-3-6-14(10,11)8-5-9-15(12,13)7-4-2/h3-4,6-7H,5,8-9H2,1-2H3. The zero-order chi connectivity index (χ0) is 11.9. The fraction of sp³-hybridized carbons (Fsp3) is 0.556. The van der Waals surface area contributed by atoms with Crippen LogP contribution in [0.3, 0.4) is 0 Å². The van der Waals surface area contributed by atoms with Crippen molar-refractivity contribution in [3.8, 4) is 0 Å². The molecule has 0 spiro atoms. The fourth-order valence-corrected chi connectivity index (χ4v) is 3.39. The number of hydrogen-bond donors (Lipinski definition) is 0. The van der Waals surface area contributed by atoms with Crippen molar-refractivity contribution in [2.45, 2.75) is 20.3 Å². The van der Waals surface area contributed by atoms with E-state index in [0.29, 0.717) is 0 Å². The quantitative estimate of drug-likeness (QED) is 0.714. The monoisotopic (exact) mass is 252 g/mol. The van der Waals surface area contributed by atoms with Gasteiger partial charge in [-0.05, 0) is 20.3 Å². The minimum absolute atomic E-state index is 0.124. The van der Waals surface area contributed by atoms with E-state index in [1.54, 1.807) is 13.8 Å².